The van der Waals surface area contributed by atoms with E-state index in [1.807, 2.05) is 24.3 Å². The average Bonchev–Trinajstić information content (AvgIpc) is 2.67. The van der Waals surface area contributed by atoms with Crippen LogP contribution in [0.2, 0.25) is 0 Å². The van der Waals surface area contributed by atoms with Crippen molar-refractivity contribution in [1.82, 2.24) is 5.32 Å². The van der Waals surface area contributed by atoms with Gasteiger partial charge in [-0.25, -0.2) is 9.59 Å². The number of ether oxygens (including phenoxy) is 2. The molecule has 0 radical (unpaired) electrons. The molecule has 0 spiro atoms. The van der Waals surface area contributed by atoms with Gasteiger partial charge in [-0.3, -0.25) is 4.79 Å². The number of nitrogens with one attached hydrogen (secondary N) is 1. The molecule has 28 heavy (non-hydrogen) atoms. The molecule has 146 valence electrons. The van der Waals surface area contributed by atoms with Crippen molar-refractivity contribution in [3.63, 3.8) is 0 Å². The van der Waals surface area contributed by atoms with Crippen LogP contribution in [0, 0.1) is 0 Å². The van der Waals surface area contributed by atoms with E-state index in [0.717, 1.165) is 5.56 Å². The first-order valence-electron chi connectivity index (χ1n) is 8.82. The number of esters is 1. The maximum atomic E-state index is 12.4. The molecule has 2 aromatic carbocycles. The van der Waals surface area contributed by atoms with Crippen LogP contribution in [0.25, 0.3) is 0 Å². The molecule has 0 aliphatic carbocycles. The fraction of sp³-hybridized carbons (Fsp3) is 0.286. The highest BCUT2D eigenvalue weighted by Gasteiger charge is 2.37. The molecule has 1 unspecified atom stereocenters. The quantitative estimate of drug-likeness (QED) is 0.608. The number of hydrogen-bond acceptors (Lipinski definition) is 5. The summed E-state index contributed by atoms with van der Waals surface area (Å²) in [7, 11) is 0. The molecule has 7 nitrogen and oxygen atoms in total. The molecular weight excluding hydrogens is 362 g/mol. The highest BCUT2D eigenvalue weighted by molar-refractivity contribution is 5.92. The standard InChI is InChI=1S/C21H21NO6/c1-21(2)11-17(28-16-6-4-3-5-15(16)21)18(23)22-12-27-20(26)14-9-7-13(8-10-14)19(24)25/h3-10,17H,11-12H2,1-2H3,(H,22,23)(H,24,25). The summed E-state index contributed by atoms with van der Waals surface area (Å²) in [4.78, 5) is 35.3. The number of amides is 1. The van der Waals surface area contributed by atoms with E-state index in [9.17, 15) is 14.4 Å². The first kappa shape index (κ1) is 19.4. The average molecular weight is 383 g/mol. The third-order valence-corrected chi connectivity index (χ3v) is 4.69. The number of para-hydroxylation sites is 1. The van der Waals surface area contributed by atoms with Gasteiger partial charge < -0.3 is 19.9 Å². The van der Waals surface area contributed by atoms with Crippen LogP contribution in [0.3, 0.4) is 0 Å². The summed E-state index contributed by atoms with van der Waals surface area (Å²) in [5.74, 6) is -1.43. The minimum atomic E-state index is -1.08. The molecule has 1 aliphatic heterocycles. The predicted octanol–water partition coefficient (Wildman–Crippen LogP) is 2.74. The van der Waals surface area contributed by atoms with Gasteiger partial charge in [-0.1, -0.05) is 32.0 Å². The summed E-state index contributed by atoms with van der Waals surface area (Å²) in [6.07, 6.45) is -0.182. The van der Waals surface area contributed by atoms with E-state index in [1.54, 1.807) is 0 Å². The summed E-state index contributed by atoms with van der Waals surface area (Å²) in [5, 5.41) is 11.4. The zero-order chi connectivity index (χ0) is 20.3. The van der Waals surface area contributed by atoms with E-state index in [2.05, 4.69) is 19.2 Å². The van der Waals surface area contributed by atoms with Crippen molar-refractivity contribution in [3.05, 3.63) is 65.2 Å². The topological polar surface area (TPSA) is 102 Å². The summed E-state index contributed by atoms with van der Waals surface area (Å²) in [5.41, 5.74) is 1.10. The van der Waals surface area contributed by atoms with Crippen LogP contribution < -0.4 is 10.1 Å². The van der Waals surface area contributed by atoms with E-state index in [0.29, 0.717) is 12.2 Å². The molecule has 0 saturated heterocycles. The van der Waals surface area contributed by atoms with Crippen molar-refractivity contribution in [2.75, 3.05) is 6.73 Å². The number of carboxylic acid groups (broad SMARTS) is 1. The minimum absolute atomic E-state index is 0.0715. The highest BCUT2D eigenvalue weighted by Crippen LogP contribution is 2.40. The number of carbonyl (C=O) groups is 3. The number of carboxylic acids is 1. The Morgan fingerprint density at radius 2 is 1.75 bits per heavy atom. The molecule has 0 aromatic heterocycles. The molecule has 1 aliphatic rings. The number of rotatable bonds is 5. The SMILES string of the molecule is CC1(C)CC(C(=O)NCOC(=O)c2ccc(C(=O)O)cc2)Oc2ccccc21. The van der Waals surface area contributed by atoms with Crippen molar-refractivity contribution in [2.24, 2.45) is 0 Å². The Hall–Kier alpha value is -3.35. The third-order valence-electron chi connectivity index (χ3n) is 4.69. The lowest BCUT2D eigenvalue weighted by atomic mass is 9.77. The summed E-state index contributed by atoms with van der Waals surface area (Å²) >= 11 is 0. The zero-order valence-corrected chi connectivity index (χ0v) is 15.6. The van der Waals surface area contributed by atoms with Gasteiger partial charge in [0.05, 0.1) is 11.1 Å². The van der Waals surface area contributed by atoms with Gasteiger partial charge in [0.2, 0.25) is 0 Å². The van der Waals surface area contributed by atoms with E-state index < -0.39 is 18.0 Å². The predicted molar refractivity (Wildman–Crippen MR) is 100 cm³/mol. The largest absolute Gasteiger partial charge is 0.480 e. The third kappa shape index (κ3) is 4.14. The molecule has 2 N–H and O–H groups in total. The second kappa shape index (κ2) is 7.72. The van der Waals surface area contributed by atoms with Crippen LogP contribution >= 0.6 is 0 Å². The first-order valence-corrected chi connectivity index (χ1v) is 8.82. The lowest BCUT2D eigenvalue weighted by Gasteiger charge is -2.36. The fourth-order valence-electron chi connectivity index (χ4n) is 3.16. The molecule has 1 amide bonds. The monoisotopic (exact) mass is 383 g/mol. The van der Waals surface area contributed by atoms with Crippen LogP contribution in [0.1, 0.15) is 46.5 Å². The summed E-state index contributed by atoms with van der Waals surface area (Å²) < 4.78 is 10.8. The van der Waals surface area contributed by atoms with Gasteiger partial charge >= 0.3 is 11.9 Å². The van der Waals surface area contributed by atoms with Gasteiger partial charge in [0.25, 0.3) is 5.91 Å². The molecule has 2 aromatic rings. The van der Waals surface area contributed by atoms with Gasteiger partial charge in [0.15, 0.2) is 12.8 Å². The number of fused-ring (bicyclic) bond motifs is 1. The van der Waals surface area contributed by atoms with Gasteiger partial charge in [-0.2, -0.15) is 0 Å². The minimum Gasteiger partial charge on any atom is -0.480 e. The van der Waals surface area contributed by atoms with Crippen LogP contribution in [-0.4, -0.2) is 35.8 Å². The van der Waals surface area contributed by atoms with Gasteiger partial charge in [0, 0.05) is 6.42 Å². The first-order chi connectivity index (χ1) is 13.3. The van der Waals surface area contributed by atoms with E-state index in [-0.39, 0.29) is 29.2 Å². The van der Waals surface area contributed by atoms with Crippen molar-refractivity contribution < 1.29 is 29.0 Å². The van der Waals surface area contributed by atoms with E-state index in [1.165, 1.54) is 24.3 Å². The van der Waals surface area contributed by atoms with Crippen molar-refractivity contribution >= 4 is 17.8 Å². The number of benzene rings is 2. The second-order valence-corrected chi connectivity index (χ2v) is 7.19. The Morgan fingerprint density at radius 3 is 2.43 bits per heavy atom. The van der Waals surface area contributed by atoms with E-state index in [4.69, 9.17) is 14.6 Å². The van der Waals surface area contributed by atoms with Gasteiger partial charge in [0.1, 0.15) is 5.75 Å². The second-order valence-electron chi connectivity index (χ2n) is 7.19. The molecule has 0 saturated carbocycles. The number of aromatic carboxylic acids is 1. The van der Waals surface area contributed by atoms with Crippen molar-refractivity contribution in [1.29, 1.82) is 0 Å². The number of carbonyl (C=O) groups excluding carboxylic acids is 2. The normalized spacial score (nSPS) is 17.0. The zero-order valence-electron chi connectivity index (χ0n) is 15.6. The lowest BCUT2D eigenvalue weighted by molar-refractivity contribution is -0.130. The molecule has 0 fully saturated rings. The van der Waals surface area contributed by atoms with Gasteiger partial charge in [-0.15, -0.1) is 0 Å². The van der Waals surface area contributed by atoms with Gasteiger partial charge in [-0.05, 0) is 41.3 Å². The van der Waals surface area contributed by atoms with Crippen molar-refractivity contribution in [3.8, 4) is 5.75 Å². The Morgan fingerprint density at radius 1 is 1.11 bits per heavy atom. The van der Waals surface area contributed by atoms with Crippen LogP contribution in [0.5, 0.6) is 5.75 Å². The number of hydrogen-bond donors (Lipinski definition) is 2. The molecule has 7 heteroatoms. The maximum absolute atomic E-state index is 12.4. The molecule has 1 atom stereocenters. The molecule has 0 bridgehead atoms. The highest BCUT2D eigenvalue weighted by atomic mass is 16.5. The van der Waals surface area contributed by atoms with E-state index >= 15 is 0 Å². The van der Waals surface area contributed by atoms with Crippen LogP contribution in [-0.2, 0) is 14.9 Å². The van der Waals surface area contributed by atoms with Crippen molar-refractivity contribution in [2.45, 2.75) is 31.8 Å². The van der Waals surface area contributed by atoms with Crippen LogP contribution in [0.15, 0.2) is 48.5 Å². The molecule has 1 heterocycles. The smallest absolute Gasteiger partial charge is 0.339 e. The fourth-order valence-corrected chi connectivity index (χ4v) is 3.16. The molecular formula is C21H21NO6. The Balaban J connectivity index is 1.55. The summed E-state index contributed by atoms with van der Waals surface area (Å²) in [6, 6.07) is 13.0. The Kier molecular flexibility index (Phi) is 5.35. The lowest BCUT2D eigenvalue weighted by Crippen LogP contribution is -2.45. The molecule has 3 rings (SSSR count). The maximum Gasteiger partial charge on any atom is 0.339 e. The Labute approximate surface area is 162 Å². The Bertz CT molecular complexity index is 903. The summed E-state index contributed by atoms with van der Waals surface area (Å²) in [6.45, 7) is 3.80. The van der Waals surface area contributed by atoms with Crippen LogP contribution in [0.4, 0.5) is 0 Å².